The number of rotatable bonds is 0. The molecule has 0 saturated carbocycles. The summed E-state index contributed by atoms with van der Waals surface area (Å²) in [7, 11) is 0. The predicted octanol–water partition coefficient (Wildman–Crippen LogP) is -2.74. The third-order valence-corrected chi connectivity index (χ3v) is 0. The largest absolute Gasteiger partial charge is 0.545 e. The SMILES string of the molecule is [CH-]=O.[CH-]=O.[CH-]=O.[CH-]=O.[CH-]=O.[CH-]=O.[CH-]=O.[CH-]=O.[CH-]=O.[CH-]=O.[Fe]. The minimum Gasteiger partial charge on any atom is -0.545 e. The van der Waals surface area contributed by atoms with E-state index in [-0.39, 0.29) is 17.1 Å². The Bertz CT molecular complexity index is 59.0. The minimum absolute atomic E-state index is 0. The molecule has 0 aliphatic rings. The van der Waals surface area contributed by atoms with Gasteiger partial charge in [0.15, 0.2) is 0 Å². The maximum Gasteiger partial charge on any atom is 0 e. The van der Waals surface area contributed by atoms with Gasteiger partial charge in [-0.05, 0) is 0 Å². The van der Waals surface area contributed by atoms with Gasteiger partial charge in [0.2, 0.25) is 0 Å². The van der Waals surface area contributed by atoms with Crippen LogP contribution in [0.4, 0.5) is 0 Å². The standard InChI is InChI=1S/10CHO.Fe/c10*1-2;/h10*1H;/q10*-1;. The second-order valence-electron chi connectivity index (χ2n) is 0. The quantitative estimate of drug-likeness (QED) is 0.254. The molecule has 0 aliphatic heterocycles. The molecule has 0 rings (SSSR count). The van der Waals surface area contributed by atoms with Crippen LogP contribution in [0.2, 0.25) is 0 Å². The van der Waals surface area contributed by atoms with Gasteiger partial charge in [-0.2, -0.15) is 0 Å². The Labute approximate surface area is 133 Å². The normalized spacial score (nSPS) is 1.90. The average molecular weight is 346 g/mol. The molecule has 0 spiro atoms. The van der Waals surface area contributed by atoms with E-state index in [1.54, 1.807) is 0 Å². The molecule has 0 heterocycles. The van der Waals surface area contributed by atoms with E-state index in [9.17, 15) is 0 Å². The van der Waals surface area contributed by atoms with Gasteiger partial charge in [0.1, 0.15) is 0 Å². The summed E-state index contributed by atoms with van der Waals surface area (Å²) in [5.74, 6) is 0. The van der Waals surface area contributed by atoms with Gasteiger partial charge in [-0.1, -0.05) is 0 Å². The van der Waals surface area contributed by atoms with E-state index in [1.165, 1.54) is 0 Å². The molecule has 0 aromatic carbocycles. The van der Waals surface area contributed by atoms with Crippen molar-refractivity contribution in [3.8, 4) is 0 Å². The van der Waals surface area contributed by atoms with E-state index in [0.29, 0.717) is 0 Å². The van der Waals surface area contributed by atoms with E-state index in [2.05, 4.69) is 67.9 Å². The Kier molecular flexibility index (Phi) is 2890. The van der Waals surface area contributed by atoms with Gasteiger partial charge in [0, 0.05) is 17.1 Å². The molecule has 0 aliphatic carbocycles. The van der Waals surface area contributed by atoms with Crippen LogP contribution in [0, 0.1) is 0 Å². The van der Waals surface area contributed by atoms with Crippen LogP contribution in [0.25, 0.3) is 0 Å². The van der Waals surface area contributed by atoms with Crippen LogP contribution in [0.15, 0.2) is 0 Å². The van der Waals surface area contributed by atoms with Crippen LogP contribution in [-0.4, -0.2) is 67.9 Å². The topological polar surface area (TPSA) is 171 Å². The molecular weight excluding hydrogens is 336 g/mol. The Balaban J connectivity index is -0.00000000585. The van der Waals surface area contributed by atoms with Crippen molar-refractivity contribution in [2.45, 2.75) is 0 Å². The summed E-state index contributed by atoms with van der Waals surface area (Å²) < 4.78 is 0. The summed E-state index contributed by atoms with van der Waals surface area (Å²) in [6.07, 6.45) is 0. The van der Waals surface area contributed by atoms with Crippen molar-refractivity contribution in [3.05, 3.63) is 0 Å². The second-order valence-corrected chi connectivity index (χ2v) is 0. The third-order valence-electron chi connectivity index (χ3n) is 0. The van der Waals surface area contributed by atoms with Gasteiger partial charge >= 0.3 is 0 Å². The summed E-state index contributed by atoms with van der Waals surface area (Å²) in [6, 6.07) is 0. The first-order valence-electron chi connectivity index (χ1n) is 2.36. The summed E-state index contributed by atoms with van der Waals surface area (Å²) in [5, 5.41) is 0. The van der Waals surface area contributed by atoms with Crippen molar-refractivity contribution in [3.63, 3.8) is 0 Å². The predicted molar refractivity (Wildman–Crippen MR) is 67.5 cm³/mol. The summed E-state index contributed by atoms with van der Waals surface area (Å²) >= 11 is 0. The Morgan fingerprint density at radius 2 is 0.190 bits per heavy atom. The third kappa shape index (κ3) is 516. The monoisotopic (exact) mass is 346 g/mol. The smallest absolute Gasteiger partial charge is 0 e. The zero-order valence-corrected chi connectivity index (χ0v) is 11.3. The molecule has 0 saturated heterocycles. The van der Waals surface area contributed by atoms with Gasteiger partial charge in [-0.25, -0.2) is 0 Å². The molecule has 0 aromatic rings. The zero-order chi connectivity index (χ0) is 20.0. The fourth-order valence-electron chi connectivity index (χ4n) is 0. The van der Waals surface area contributed by atoms with E-state index >= 15 is 0 Å². The van der Waals surface area contributed by atoms with Gasteiger partial charge in [-0.15, -0.1) is 0 Å². The van der Waals surface area contributed by atoms with Crippen molar-refractivity contribution >= 4 is 67.9 Å². The molecule has 128 valence electrons. The molecule has 0 bridgehead atoms. The number of hydrogen-bond acceptors (Lipinski definition) is 10. The molecule has 0 unspecified atom stereocenters. The summed E-state index contributed by atoms with van der Waals surface area (Å²) in [6.45, 7) is 32.5. The Morgan fingerprint density at radius 1 is 0.190 bits per heavy atom. The molecule has 0 fully saturated rings. The van der Waals surface area contributed by atoms with Crippen LogP contribution in [0.1, 0.15) is 0 Å². The number of carbonyl (C=O) groups excluding carboxylic acids is 10. The van der Waals surface area contributed by atoms with E-state index < -0.39 is 0 Å². The second kappa shape index (κ2) is 586. The van der Waals surface area contributed by atoms with Crippen molar-refractivity contribution in [1.29, 1.82) is 0 Å². The molecule has 21 heavy (non-hydrogen) atoms. The first kappa shape index (κ1) is 104. The number of hydrogen-bond donors (Lipinski definition) is 0. The van der Waals surface area contributed by atoms with Crippen molar-refractivity contribution in [2.24, 2.45) is 0 Å². The van der Waals surface area contributed by atoms with Crippen molar-refractivity contribution < 1.29 is 65.0 Å². The molecule has 10 nitrogen and oxygen atoms in total. The van der Waals surface area contributed by atoms with Crippen LogP contribution < -0.4 is 0 Å². The van der Waals surface area contributed by atoms with Gasteiger partial charge in [0.25, 0.3) is 0 Å². The maximum absolute atomic E-state index is 7.75. The fraction of sp³-hybridized carbons (Fsp3) is 0. The zero-order valence-electron chi connectivity index (χ0n) is 10.2. The molecule has 0 amide bonds. The molecule has 0 aromatic heterocycles. The summed E-state index contributed by atoms with van der Waals surface area (Å²) in [5.41, 5.74) is 0. The van der Waals surface area contributed by atoms with Gasteiger partial charge in [-0.3, -0.25) is 67.9 Å². The van der Waals surface area contributed by atoms with E-state index in [1.807, 2.05) is 0 Å². The van der Waals surface area contributed by atoms with Gasteiger partial charge < -0.3 is 47.9 Å². The fourth-order valence-corrected chi connectivity index (χ4v) is 0. The van der Waals surface area contributed by atoms with E-state index in [4.69, 9.17) is 47.9 Å². The van der Waals surface area contributed by atoms with Crippen LogP contribution in [0.5, 0.6) is 0 Å². The Hall–Kier alpha value is -2.78. The van der Waals surface area contributed by atoms with Crippen molar-refractivity contribution in [1.82, 2.24) is 0 Å². The Morgan fingerprint density at radius 3 is 0.190 bits per heavy atom. The molecular formula is C10H10FeO10-10. The molecule has 11 heteroatoms. The van der Waals surface area contributed by atoms with Crippen molar-refractivity contribution in [2.75, 3.05) is 0 Å². The first-order valence-corrected chi connectivity index (χ1v) is 2.36. The minimum atomic E-state index is 0. The van der Waals surface area contributed by atoms with E-state index in [0.717, 1.165) is 0 Å². The average Bonchev–Trinajstić information content (AvgIpc) is 2.71. The van der Waals surface area contributed by atoms with Gasteiger partial charge in [0.05, 0.1) is 0 Å². The maximum atomic E-state index is 7.75. The molecule has 0 N–H and O–H groups in total. The van der Waals surface area contributed by atoms with Crippen LogP contribution in [-0.2, 0) is 65.0 Å². The summed E-state index contributed by atoms with van der Waals surface area (Å²) in [4.78, 5) is 77.5. The molecule has 0 radical (unpaired) electrons. The molecule has 0 atom stereocenters. The first-order chi connectivity index (χ1) is 10.0. The van der Waals surface area contributed by atoms with Crippen LogP contribution >= 0.6 is 0 Å². The van der Waals surface area contributed by atoms with Crippen LogP contribution in [0.3, 0.4) is 0 Å².